The van der Waals surface area contributed by atoms with Crippen molar-refractivity contribution < 1.29 is 9.90 Å². The smallest absolute Gasteiger partial charge is 0.335 e. The fraction of sp³-hybridized carbons (Fsp3) is 0.133. The standard InChI is InChI=1S/C15H16O2S/c1-3-6-12(4-2)10-18-11-13-7-5-8-14(9-13)15(16)17/h3-9H,1-2,10-11H2,(H,16,17). The number of carboxylic acid groups (broad SMARTS) is 1. The third-order valence-corrected chi connectivity index (χ3v) is 3.38. The van der Waals surface area contributed by atoms with Gasteiger partial charge in [-0.1, -0.05) is 43.5 Å². The summed E-state index contributed by atoms with van der Waals surface area (Å²) in [5.41, 5.74) is 2.46. The SMILES string of the molecule is C=CC=C(C=C)CSCc1cccc(C(=O)O)c1. The average molecular weight is 260 g/mol. The van der Waals surface area contributed by atoms with E-state index in [4.69, 9.17) is 5.11 Å². The summed E-state index contributed by atoms with van der Waals surface area (Å²) in [5, 5.41) is 8.89. The van der Waals surface area contributed by atoms with Crippen molar-refractivity contribution in [2.45, 2.75) is 5.75 Å². The maximum Gasteiger partial charge on any atom is 0.335 e. The van der Waals surface area contributed by atoms with Crippen molar-refractivity contribution in [1.29, 1.82) is 0 Å². The topological polar surface area (TPSA) is 37.3 Å². The van der Waals surface area contributed by atoms with Gasteiger partial charge in [-0.15, -0.1) is 0 Å². The summed E-state index contributed by atoms with van der Waals surface area (Å²) in [7, 11) is 0. The van der Waals surface area contributed by atoms with Gasteiger partial charge in [0, 0.05) is 11.5 Å². The van der Waals surface area contributed by atoms with E-state index >= 15 is 0 Å². The van der Waals surface area contributed by atoms with Gasteiger partial charge in [-0.25, -0.2) is 4.79 Å². The van der Waals surface area contributed by atoms with E-state index in [9.17, 15) is 4.79 Å². The van der Waals surface area contributed by atoms with Crippen molar-refractivity contribution in [3.63, 3.8) is 0 Å². The molecular formula is C15H16O2S. The third kappa shape index (κ3) is 4.63. The van der Waals surface area contributed by atoms with Crippen molar-refractivity contribution in [3.8, 4) is 0 Å². The molecule has 0 heterocycles. The van der Waals surface area contributed by atoms with Gasteiger partial charge in [0.1, 0.15) is 0 Å². The van der Waals surface area contributed by atoms with Crippen LogP contribution in [0.4, 0.5) is 0 Å². The summed E-state index contributed by atoms with van der Waals surface area (Å²) in [5.74, 6) is 0.733. The molecule has 0 bridgehead atoms. The van der Waals surface area contributed by atoms with Crippen LogP contribution in [0.5, 0.6) is 0 Å². The highest BCUT2D eigenvalue weighted by atomic mass is 32.2. The molecule has 0 aliphatic carbocycles. The van der Waals surface area contributed by atoms with Crippen molar-refractivity contribution in [2.24, 2.45) is 0 Å². The zero-order valence-corrected chi connectivity index (χ0v) is 11.0. The quantitative estimate of drug-likeness (QED) is 0.755. The molecule has 0 radical (unpaired) electrons. The first-order valence-electron chi connectivity index (χ1n) is 5.51. The van der Waals surface area contributed by atoms with E-state index in [2.05, 4.69) is 13.2 Å². The van der Waals surface area contributed by atoms with E-state index in [-0.39, 0.29) is 0 Å². The van der Waals surface area contributed by atoms with Gasteiger partial charge >= 0.3 is 5.97 Å². The summed E-state index contributed by atoms with van der Waals surface area (Å²) in [6.45, 7) is 7.38. The van der Waals surface area contributed by atoms with Crippen LogP contribution in [0.2, 0.25) is 0 Å². The van der Waals surface area contributed by atoms with Gasteiger partial charge in [-0.2, -0.15) is 11.8 Å². The lowest BCUT2D eigenvalue weighted by atomic mass is 10.1. The van der Waals surface area contributed by atoms with Gasteiger partial charge in [-0.3, -0.25) is 0 Å². The maximum absolute atomic E-state index is 10.8. The Labute approximate surface area is 112 Å². The summed E-state index contributed by atoms with van der Waals surface area (Å²) >= 11 is 1.72. The number of carboxylic acids is 1. The minimum atomic E-state index is -0.889. The van der Waals surface area contributed by atoms with Crippen LogP contribution in [0.25, 0.3) is 0 Å². The normalized spacial score (nSPS) is 11.0. The largest absolute Gasteiger partial charge is 0.478 e. The van der Waals surface area contributed by atoms with Crippen molar-refractivity contribution in [2.75, 3.05) is 5.75 Å². The summed E-state index contributed by atoms with van der Waals surface area (Å²) < 4.78 is 0. The number of thioether (sulfide) groups is 1. The minimum Gasteiger partial charge on any atom is -0.478 e. The Balaban J connectivity index is 2.56. The molecule has 0 unspecified atom stereocenters. The molecule has 1 aromatic carbocycles. The molecule has 1 rings (SSSR count). The zero-order valence-electron chi connectivity index (χ0n) is 10.1. The van der Waals surface area contributed by atoms with E-state index in [1.807, 2.05) is 18.2 Å². The Morgan fingerprint density at radius 1 is 1.39 bits per heavy atom. The highest BCUT2D eigenvalue weighted by Crippen LogP contribution is 2.17. The van der Waals surface area contributed by atoms with E-state index in [1.54, 1.807) is 36.0 Å². The van der Waals surface area contributed by atoms with Crippen molar-refractivity contribution in [3.05, 3.63) is 72.4 Å². The second-order valence-electron chi connectivity index (χ2n) is 3.68. The van der Waals surface area contributed by atoms with Crippen LogP contribution in [0.15, 0.2) is 61.2 Å². The number of rotatable bonds is 7. The summed E-state index contributed by atoms with van der Waals surface area (Å²) in [6.07, 6.45) is 5.47. The molecule has 1 N–H and O–H groups in total. The number of hydrogen-bond acceptors (Lipinski definition) is 2. The van der Waals surface area contributed by atoms with Gasteiger partial charge < -0.3 is 5.11 Å². The fourth-order valence-electron chi connectivity index (χ4n) is 1.41. The lowest BCUT2D eigenvalue weighted by molar-refractivity contribution is 0.0697. The predicted molar refractivity (Wildman–Crippen MR) is 78.0 cm³/mol. The van der Waals surface area contributed by atoms with Crippen LogP contribution in [-0.4, -0.2) is 16.8 Å². The highest BCUT2D eigenvalue weighted by molar-refractivity contribution is 7.98. The van der Waals surface area contributed by atoms with Gasteiger partial charge in [0.15, 0.2) is 0 Å². The van der Waals surface area contributed by atoms with Crippen molar-refractivity contribution in [1.82, 2.24) is 0 Å². The number of aromatic carboxylic acids is 1. The molecule has 1 aromatic rings. The monoisotopic (exact) mass is 260 g/mol. The Morgan fingerprint density at radius 3 is 2.78 bits per heavy atom. The number of carbonyl (C=O) groups is 1. The Hall–Kier alpha value is -1.74. The van der Waals surface area contributed by atoms with Crippen LogP contribution >= 0.6 is 11.8 Å². The predicted octanol–water partition coefficient (Wildman–Crippen LogP) is 3.92. The molecule has 0 aliphatic heterocycles. The Bertz CT molecular complexity index is 475. The lowest BCUT2D eigenvalue weighted by Gasteiger charge is -2.03. The first-order valence-corrected chi connectivity index (χ1v) is 6.67. The van der Waals surface area contributed by atoms with E-state index in [1.165, 1.54) is 0 Å². The molecular weight excluding hydrogens is 244 g/mol. The Morgan fingerprint density at radius 2 is 2.17 bits per heavy atom. The highest BCUT2D eigenvalue weighted by Gasteiger charge is 2.03. The Kier molecular flexibility index (Phi) is 6.01. The van der Waals surface area contributed by atoms with Crippen LogP contribution in [-0.2, 0) is 5.75 Å². The summed E-state index contributed by atoms with van der Waals surface area (Å²) in [6, 6.07) is 7.01. The molecule has 0 aromatic heterocycles. The molecule has 0 aliphatic rings. The molecule has 0 amide bonds. The van der Waals surface area contributed by atoms with E-state index in [0.29, 0.717) is 5.56 Å². The number of benzene rings is 1. The molecule has 3 heteroatoms. The zero-order chi connectivity index (χ0) is 13.4. The molecule has 0 spiro atoms. The first-order chi connectivity index (χ1) is 8.67. The number of allylic oxidation sites excluding steroid dienone is 3. The van der Waals surface area contributed by atoms with Gasteiger partial charge in [0.2, 0.25) is 0 Å². The molecule has 0 saturated heterocycles. The van der Waals surface area contributed by atoms with E-state index < -0.39 is 5.97 Å². The second kappa shape index (κ2) is 7.56. The maximum atomic E-state index is 10.8. The van der Waals surface area contributed by atoms with E-state index in [0.717, 1.165) is 22.6 Å². The lowest BCUT2D eigenvalue weighted by Crippen LogP contribution is -1.96. The van der Waals surface area contributed by atoms with Crippen LogP contribution in [0.1, 0.15) is 15.9 Å². The van der Waals surface area contributed by atoms with Crippen molar-refractivity contribution >= 4 is 17.7 Å². The molecule has 94 valence electrons. The fourth-order valence-corrected chi connectivity index (χ4v) is 2.37. The van der Waals surface area contributed by atoms with Gasteiger partial charge in [-0.05, 0) is 23.3 Å². The molecule has 0 saturated carbocycles. The van der Waals surface area contributed by atoms with Gasteiger partial charge in [0.05, 0.1) is 5.56 Å². The third-order valence-electron chi connectivity index (χ3n) is 2.31. The first kappa shape index (κ1) is 14.3. The number of hydrogen-bond donors (Lipinski definition) is 1. The minimum absolute atomic E-state index is 0.332. The van der Waals surface area contributed by atoms with Gasteiger partial charge in [0.25, 0.3) is 0 Å². The average Bonchev–Trinajstić information content (AvgIpc) is 2.38. The molecule has 0 fully saturated rings. The molecule has 2 nitrogen and oxygen atoms in total. The summed E-state index contributed by atoms with van der Waals surface area (Å²) in [4.78, 5) is 10.8. The van der Waals surface area contributed by atoms with Crippen LogP contribution < -0.4 is 0 Å². The van der Waals surface area contributed by atoms with Crippen LogP contribution in [0.3, 0.4) is 0 Å². The molecule has 0 atom stereocenters. The molecule has 18 heavy (non-hydrogen) atoms. The second-order valence-corrected chi connectivity index (χ2v) is 4.67. The van der Waals surface area contributed by atoms with Crippen LogP contribution in [0, 0.1) is 0 Å².